The highest BCUT2D eigenvalue weighted by molar-refractivity contribution is 7.22. The number of carbonyl (C=O) groups is 1. The van der Waals surface area contributed by atoms with E-state index in [-0.39, 0.29) is 18.0 Å². The highest BCUT2D eigenvalue weighted by Crippen LogP contribution is 2.35. The van der Waals surface area contributed by atoms with Gasteiger partial charge in [0.2, 0.25) is 11.7 Å². The maximum absolute atomic E-state index is 13.2. The largest absolute Gasteiger partial charge is 0.333 e. The number of amides is 1. The Morgan fingerprint density at radius 2 is 1.97 bits per heavy atom. The van der Waals surface area contributed by atoms with Gasteiger partial charge in [0.05, 0.1) is 16.6 Å². The molecule has 9 heteroatoms. The third-order valence-electron chi connectivity index (χ3n) is 5.50. The summed E-state index contributed by atoms with van der Waals surface area (Å²) < 4.78 is 6.80. The van der Waals surface area contributed by atoms with Crippen LogP contribution in [0.5, 0.6) is 0 Å². The van der Waals surface area contributed by atoms with Crippen molar-refractivity contribution in [2.24, 2.45) is 0 Å². The number of hydrogen-bond donors (Lipinski definition) is 1. The summed E-state index contributed by atoms with van der Waals surface area (Å²) in [5, 5.41) is 7.36. The Balaban J connectivity index is 1.43. The van der Waals surface area contributed by atoms with Crippen LogP contribution in [0, 0.1) is 6.92 Å². The van der Waals surface area contributed by atoms with Crippen molar-refractivity contribution in [1.29, 1.82) is 0 Å². The molecular formula is C25H21N5O3S. The van der Waals surface area contributed by atoms with E-state index >= 15 is 0 Å². The number of nitrogens with one attached hydrogen (secondary N) is 1. The lowest BCUT2D eigenvalue weighted by atomic mass is 10.1. The summed E-state index contributed by atoms with van der Waals surface area (Å²) >= 11 is 1.31. The van der Waals surface area contributed by atoms with Gasteiger partial charge in [0, 0.05) is 11.3 Å². The Bertz CT molecular complexity index is 1550. The number of thiophene rings is 1. The summed E-state index contributed by atoms with van der Waals surface area (Å²) in [7, 11) is 0. The fourth-order valence-electron chi connectivity index (χ4n) is 3.72. The molecule has 0 radical (unpaired) electrons. The number of carbonyl (C=O) groups excluding carboxylic acids is 1. The van der Waals surface area contributed by atoms with Crippen LogP contribution < -0.4 is 10.9 Å². The van der Waals surface area contributed by atoms with Crippen LogP contribution >= 0.6 is 11.3 Å². The molecule has 0 aliphatic heterocycles. The number of anilines is 1. The van der Waals surface area contributed by atoms with E-state index < -0.39 is 0 Å². The van der Waals surface area contributed by atoms with Gasteiger partial charge >= 0.3 is 0 Å². The van der Waals surface area contributed by atoms with Crippen LogP contribution in [-0.4, -0.2) is 25.6 Å². The molecule has 5 rings (SSSR count). The molecule has 5 aromatic rings. The van der Waals surface area contributed by atoms with Crippen LogP contribution in [0.25, 0.3) is 32.4 Å². The van der Waals surface area contributed by atoms with Crippen LogP contribution in [0.1, 0.15) is 18.1 Å². The SMILES string of the molecule is CCc1cccc(NC(=O)Cn2cnc3sc(-c4nc(-c5ccccc5)no4)c(C)c3c2=O)c1. The smallest absolute Gasteiger partial charge is 0.268 e. The van der Waals surface area contributed by atoms with Crippen LogP contribution in [0.2, 0.25) is 0 Å². The third-order valence-corrected chi connectivity index (χ3v) is 6.69. The number of aryl methyl sites for hydroxylation is 2. The van der Waals surface area contributed by atoms with Gasteiger partial charge in [-0.05, 0) is 36.6 Å². The predicted molar refractivity (Wildman–Crippen MR) is 132 cm³/mol. The molecule has 0 saturated heterocycles. The van der Waals surface area contributed by atoms with Crippen LogP contribution in [0.4, 0.5) is 5.69 Å². The standard InChI is InChI=1S/C25H21N5O3S/c1-3-16-8-7-11-18(12-16)27-19(31)13-30-14-26-24-20(25(30)32)15(2)21(34-24)23-28-22(29-33-23)17-9-5-4-6-10-17/h4-12,14H,3,13H2,1-2H3,(H,27,31). The zero-order valence-corrected chi connectivity index (χ0v) is 19.4. The van der Waals surface area contributed by atoms with Gasteiger partial charge in [0.15, 0.2) is 0 Å². The van der Waals surface area contributed by atoms with Gasteiger partial charge in [-0.25, -0.2) is 4.98 Å². The topological polar surface area (TPSA) is 103 Å². The normalized spacial score (nSPS) is 11.1. The third kappa shape index (κ3) is 4.13. The molecule has 2 aromatic carbocycles. The summed E-state index contributed by atoms with van der Waals surface area (Å²) in [6, 6.07) is 17.2. The fourth-order valence-corrected chi connectivity index (χ4v) is 4.78. The van der Waals surface area contributed by atoms with Crippen molar-refractivity contribution < 1.29 is 9.32 Å². The second-order valence-corrected chi connectivity index (χ2v) is 8.80. The Morgan fingerprint density at radius 1 is 1.15 bits per heavy atom. The van der Waals surface area contributed by atoms with Crippen molar-refractivity contribution in [2.75, 3.05) is 5.32 Å². The number of aromatic nitrogens is 4. The zero-order chi connectivity index (χ0) is 23.7. The minimum absolute atomic E-state index is 0.137. The Hall–Kier alpha value is -4.11. The molecule has 3 aromatic heterocycles. The second kappa shape index (κ2) is 9.03. The summed E-state index contributed by atoms with van der Waals surface area (Å²) in [4.78, 5) is 35.9. The average Bonchev–Trinajstić information content (AvgIpc) is 3.47. The average molecular weight is 472 g/mol. The minimum Gasteiger partial charge on any atom is -0.333 e. The first kappa shape index (κ1) is 21.7. The second-order valence-electron chi connectivity index (χ2n) is 7.81. The molecule has 34 heavy (non-hydrogen) atoms. The summed E-state index contributed by atoms with van der Waals surface area (Å²) in [6.07, 6.45) is 2.27. The van der Waals surface area contributed by atoms with Crippen molar-refractivity contribution in [3.63, 3.8) is 0 Å². The molecule has 0 bridgehead atoms. The predicted octanol–water partition coefficient (Wildman–Crippen LogP) is 4.68. The maximum atomic E-state index is 13.2. The lowest BCUT2D eigenvalue weighted by molar-refractivity contribution is -0.116. The number of benzene rings is 2. The summed E-state index contributed by atoms with van der Waals surface area (Å²) in [6.45, 7) is 3.74. The van der Waals surface area contributed by atoms with Crippen molar-refractivity contribution in [3.05, 3.63) is 82.4 Å². The van der Waals surface area contributed by atoms with E-state index in [2.05, 4.69) is 27.4 Å². The van der Waals surface area contributed by atoms with E-state index in [1.807, 2.05) is 61.5 Å². The van der Waals surface area contributed by atoms with Gasteiger partial charge < -0.3 is 9.84 Å². The van der Waals surface area contributed by atoms with Gasteiger partial charge in [-0.15, -0.1) is 11.3 Å². The van der Waals surface area contributed by atoms with Gasteiger partial charge in [0.25, 0.3) is 11.4 Å². The minimum atomic E-state index is -0.297. The van der Waals surface area contributed by atoms with E-state index in [0.29, 0.717) is 38.1 Å². The highest BCUT2D eigenvalue weighted by Gasteiger charge is 2.21. The molecule has 0 aliphatic carbocycles. The first-order valence-electron chi connectivity index (χ1n) is 10.8. The zero-order valence-electron chi connectivity index (χ0n) is 18.6. The number of nitrogens with zero attached hydrogens (tertiary/aromatic N) is 4. The van der Waals surface area contributed by atoms with Gasteiger partial charge in [0.1, 0.15) is 11.4 Å². The van der Waals surface area contributed by atoms with E-state index in [1.165, 1.54) is 22.2 Å². The maximum Gasteiger partial charge on any atom is 0.268 e. The molecule has 0 atom stereocenters. The van der Waals surface area contributed by atoms with E-state index in [4.69, 9.17) is 4.52 Å². The van der Waals surface area contributed by atoms with Crippen LogP contribution in [0.3, 0.4) is 0 Å². The lowest BCUT2D eigenvalue weighted by Crippen LogP contribution is -2.27. The van der Waals surface area contributed by atoms with Gasteiger partial charge in [-0.2, -0.15) is 4.98 Å². The first-order valence-corrected chi connectivity index (χ1v) is 11.6. The molecule has 0 saturated carbocycles. The molecule has 1 N–H and O–H groups in total. The monoisotopic (exact) mass is 471 g/mol. The molecule has 0 aliphatic rings. The summed E-state index contributed by atoms with van der Waals surface area (Å²) in [5.41, 5.74) is 3.07. The Morgan fingerprint density at radius 3 is 2.76 bits per heavy atom. The van der Waals surface area contributed by atoms with Crippen molar-refractivity contribution in [1.82, 2.24) is 19.7 Å². The molecule has 0 unspecified atom stereocenters. The quantitative estimate of drug-likeness (QED) is 0.386. The molecular weight excluding hydrogens is 450 g/mol. The highest BCUT2D eigenvalue weighted by atomic mass is 32.1. The molecule has 3 heterocycles. The number of fused-ring (bicyclic) bond motifs is 1. The van der Waals surface area contributed by atoms with Crippen LogP contribution in [0.15, 0.2) is 70.2 Å². The first-order chi connectivity index (χ1) is 16.5. The Labute approximate surface area is 198 Å². The molecule has 8 nitrogen and oxygen atoms in total. The summed E-state index contributed by atoms with van der Waals surface area (Å²) in [5.74, 6) is 0.509. The van der Waals surface area contributed by atoms with Crippen LogP contribution in [-0.2, 0) is 17.8 Å². The van der Waals surface area contributed by atoms with Gasteiger partial charge in [-0.1, -0.05) is 54.5 Å². The van der Waals surface area contributed by atoms with Crippen molar-refractivity contribution in [2.45, 2.75) is 26.8 Å². The van der Waals surface area contributed by atoms with Crippen molar-refractivity contribution in [3.8, 4) is 22.2 Å². The fraction of sp³-hybridized carbons (Fsp3) is 0.160. The lowest BCUT2D eigenvalue weighted by Gasteiger charge is -2.08. The van der Waals surface area contributed by atoms with Crippen molar-refractivity contribution >= 4 is 33.1 Å². The molecule has 1 amide bonds. The van der Waals surface area contributed by atoms with Gasteiger partial charge in [-0.3, -0.25) is 14.2 Å². The number of hydrogen-bond acceptors (Lipinski definition) is 7. The Kier molecular flexibility index (Phi) is 5.77. The van der Waals surface area contributed by atoms with E-state index in [1.54, 1.807) is 0 Å². The molecule has 170 valence electrons. The van der Waals surface area contributed by atoms with E-state index in [9.17, 15) is 9.59 Å². The number of rotatable bonds is 6. The van der Waals surface area contributed by atoms with E-state index in [0.717, 1.165) is 17.5 Å². The molecule has 0 fully saturated rings. The molecule has 0 spiro atoms.